The van der Waals surface area contributed by atoms with Gasteiger partial charge in [-0.05, 0) is 25.1 Å². The lowest BCUT2D eigenvalue weighted by Gasteiger charge is -2.18. The van der Waals surface area contributed by atoms with E-state index in [4.69, 9.17) is 4.74 Å². The zero-order valence-corrected chi connectivity index (χ0v) is 10.6. The number of rotatable bonds is 5. The Morgan fingerprint density at radius 2 is 2.22 bits per heavy atom. The molecule has 0 radical (unpaired) electrons. The number of ether oxygens (including phenoxy) is 1. The number of amides is 1. The smallest absolute Gasteiger partial charge is 0.231 e. The van der Waals surface area contributed by atoms with E-state index in [2.05, 4.69) is 22.5 Å². The fraction of sp³-hybridized carbons (Fsp3) is 0.538. The molecule has 2 heterocycles. The fourth-order valence-corrected chi connectivity index (χ4v) is 2.01. The van der Waals surface area contributed by atoms with Gasteiger partial charge in [-0.2, -0.15) is 0 Å². The molecule has 0 aromatic carbocycles. The highest BCUT2D eigenvalue weighted by atomic mass is 16.5. The van der Waals surface area contributed by atoms with Gasteiger partial charge < -0.3 is 15.4 Å². The molecular weight excluding hydrogens is 230 g/mol. The highest BCUT2D eigenvalue weighted by Crippen LogP contribution is 2.16. The summed E-state index contributed by atoms with van der Waals surface area (Å²) < 4.78 is 5.39. The van der Waals surface area contributed by atoms with Crippen molar-refractivity contribution in [1.82, 2.24) is 10.3 Å². The second kappa shape index (κ2) is 6.47. The first-order valence-corrected chi connectivity index (χ1v) is 6.33. The number of anilines is 1. The summed E-state index contributed by atoms with van der Waals surface area (Å²) in [5.74, 6) is -0.114. The van der Waals surface area contributed by atoms with Gasteiger partial charge in [0, 0.05) is 24.1 Å². The van der Waals surface area contributed by atoms with E-state index >= 15 is 0 Å². The van der Waals surface area contributed by atoms with Crippen molar-refractivity contribution in [1.29, 1.82) is 0 Å². The maximum absolute atomic E-state index is 12.1. The second-order valence-electron chi connectivity index (χ2n) is 4.43. The van der Waals surface area contributed by atoms with E-state index in [-0.39, 0.29) is 17.9 Å². The van der Waals surface area contributed by atoms with Crippen LogP contribution in [0.3, 0.4) is 0 Å². The quantitative estimate of drug-likeness (QED) is 0.818. The molecule has 5 nitrogen and oxygen atoms in total. The van der Waals surface area contributed by atoms with Crippen LogP contribution < -0.4 is 10.6 Å². The third-order valence-electron chi connectivity index (χ3n) is 3.02. The van der Waals surface area contributed by atoms with Crippen LogP contribution in [-0.4, -0.2) is 36.7 Å². The van der Waals surface area contributed by atoms with Gasteiger partial charge in [0.15, 0.2) is 0 Å². The first kappa shape index (κ1) is 13.0. The van der Waals surface area contributed by atoms with Crippen molar-refractivity contribution < 1.29 is 9.53 Å². The van der Waals surface area contributed by atoms with Crippen molar-refractivity contribution in [3.05, 3.63) is 24.5 Å². The summed E-state index contributed by atoms with van der Waals surface area (Å²) in [6, 6.07) is 3.68. The third kappa shape index (κ3) is 3.27. The van der Waals surface area contributed by atoms with E-state index in [1.54, 1.807) is 24.5 Å². The largest absolute Gasteiger partial charge is 0.379 e. The SMILES string of the molecule is CCCNC1COCC1C(=O)Nc1ccncc1. The summed E-state index contributed by atoms with van der Waals surface area (Å²) >= 11 is 0. The van der Waals surface area contributed by atoms with Crippen molar-refractivity contribution >= 4 is 11.6 Å². The highest BCUT2D eigenvalue weighted by Gasteiger charge is 2.33. The number of carbonyl (C=O) groups is 1. The highest BCUT2D eigenvalue weighted by molar-refractivity contribution is 5.93. The molecular formula is C13H19N3O2. The van der Waals surface area contributed by atoms with Crippen molar-refractivity contribution in [2.75, 3.05) is 25.1 Å². The molecule has 5 heteroatoms. The number of nitrogens with one attached hydrogen (secondary N) is 2. The first-order valence-electron chi connectivity index (χ1n) is 6.33. The molecule has 1 aliphatic heterocycles. The van der Waals surface area contributed by atoms with E-state index in [0.717, 1.165) is 18.7 Å². The normalized spacial score (nSPS) is 22.9. The first-order chi connectivity index (χ1) is 8.81. The molecule has 2 N–H and O–H groups in total. The van der Waals surface area contributed by atoms with E-state index in [1.165, 1.54) is 0 Å². The van der Waals surface area contributed by atoms with Gasteiger partial charge in [0.1, 0.15) is 0 Å². The molecule has 2 unspecified atom stereocenters. The van der Waals surface area contributed by atoms with Crippen LogP contribution in [0.15, 0.2) is 24.5 Å². The van der Waals surface area contributed by atoms with Gasteiger partial charge in [0.25, 0.3) is 0 Å². The van der Waals surface area contributed by atoms with Crippen molar-refractivity contribution in [2.45, 2.75) is 19.4 Å². The average Bonchev–Trinajstić information content (AvgIpc) is 2.86. The molecule has 2 rings (SSSR count). The molecule has 0 aliphatic carbocycles. The molecule has 0 spiro atoms. The van der Waals surface area contributed by atoms with Crippen LogP contribution in [0.4, 0.5) is 5.69 Å². The molecule has 0 bridgehead atoms. The van der Waals surface area contributed by atoms with E-state index in [9.17, 15) is 4.79 Å². The Hall–Kier alpha value is -1.46. The lowest BCUT2D eigenvalue weighted by atomic mass is 10.0. The summed E-state index contributed by atoms with van der Waals surface area (Å²) in [4.78, 5) is 16.1. The van der Waals surface area contributed by atoms with E-state index in [1.807, 2.05) is 0 Å². The molecule has 1 saturated heterocycles. The van der Waals surface area contributed by atoms with Gasteiger partial charge >= 0.3 is 0 Å². The summed E-state index contributed by atoms with van der Waals surface area (Å²) in [6.07, 6.45) is 4.37. The van der Waals surface area contributed by atoms with Crippen LogP contribution in [0.1, 0.15) is 13.3 Å². The average molecular weight is 249 g/mol. The third-order valence-corrected chi connectivity index (χ3v) is 3.02. The molecule has 18 heavy (non-hydrogen) atoms. The number of hydrogen-bond donors (Lipinski definition) is 2. The standard InChI is InChI=1S/C13H19N3O2/c1-2-5-15-12-9-18-8-11(12)13(17)16-10-3-6-14-7-4-10/h3-4,6-7,11-12,15H,2,5,8-9H2,1H3,(H,14,16,17). The number of hydrogen-bond acceptors (Lipinski definition) is 4. The minimum absolute atomic E-state index is 0.00676. The summed E-state index contributed by atoms with van der Waals surface area (Å²) in [5.41, 5.74) is 0.774. The molecule has 0 saturated carbocycles. The van der Waals surface area contributed by atoms with E-state index in [0.29, 0.717) is 13.2 Å². The molecule has 1 aliphatic rings. The topological polar surface area (TPSA) is 63.2 Å². The Labute approximate surface area is 107 Å². The predicted molar refractivity (Wildman–Crippen MR) is 69.3 cm³/mol. The molecule has 2 atom stereocenters. The van der Waals surface area contributed by atoms with Gasteiger partial charge in [-0.3, -0.25) is 9.78 Å². The zero-order chi connectivity index (χ0) is 12.8. The van der Waals surface area contributed by atoms with Gasteiger partial charge in [0.2, 0.25) is 5.91 Å². The summed E-state index contributed by atoms with van der Waals surface area (Å²) in [6.45, 7) is 4.11. The number of pyridine rings is 1. The van der Waals surface area contributed by atoms with Crippen LogP contribution in [0.2, 0.25) is 0 Å². The second-order valence-corrected chi connectivity index (χ2v) is 4.43. The van der Waals surface area contributed by atoms with Crippen LogP contribution >= 0.6 is 0 Å². The van der Waals surface area contributed by atoms with Crippen molar-refractivity contribution in [3.8, 4) is 0 Å². The van der Waals surface area contributed by atoms with Gasteiger partial charge in [-0.15, -0.1) is 0 Å². The van der Waals surface area contributed by atoms with Crippen molar-refractivity contribution in [3.63, 3.8) is 0 Å². The molecule has 1 aromatic rings. The van der Waals surface area contributed by atoms with Crippen LogP contribution in [0, 0.1) is 5.92 Å². The predicted octanol–water partition coefficient (Wildman–Crippen LogP) is 1.03. The zero-order valence-electron chi connectivity index (χ0n) is 10.6. The minimum atomic E-state index is -0.121. The molecule has 1 aromatic heterocycles. The number of carbonyl (C=O) groups excluding carboxylic acids is 1. The van der Waals surface area contributed by atoms with Crippen LogP contribution in [-0.2, 0) is 9.53 Å². The molecule has 1 fully saturated rings. The number of aromatic nitrogens is 1. The maximum Gasteiger partial charge on any atom is 0.231 e. The van der Waals surface area contributed by atoms with Gasteiger partial charge in [0.05, 0.1) is 19.1 Å². The molecule has 98 valence electrons. The Kier molecular flexibility index (Phi) is 4.66. The van der Waals surface area contributed by atoms with Gasteiger partial charge in [-0.25, -0.2) is 0 Å². The van der Waals surface area contributed by atoms with Crippen LogP contribution in [0.25, 0.3) is 0 Å². The summed E-state index contributed by atoms with van der Waals surface area (Å²) in [7, 11) is 0. The minimum Gasteiger partial charge on any atom is -0.379 e. The Morgan fingerprint density at radius 1 is 1.44 bits per heavy atom. The monoisotopic (exact) mass is 249 g/mol. The van der Waals surface area contributed by atoms with E-state index < -0.39 is 0 Å². The molecule has 1 amide bonds. The van der Waals surface area contributed by atoms with Crippen molar-refractivity contribution in [2.24, 2.45) is 5.92 Å². The Bertz CT molecular complexity index is 383. The Balaban J connectivity index is 1.91. The number of nitrogens with zero attached hydrogens (tertiary/aromatic N) is 1. The lowest BCUT2D eigenvalue weighted by molar-refractivity contribution is -0.120. The summed E-state index contributed by atoms with van der Waals surface area (Å²) in [5, 5.41) is 6.24. The van der Waals surface area contributed by atoms with Gasteiger partial charge in [-0.1, -0.05) is 6.92 Å². The maximum atomic E-state index is 12.1. The fourth-order valence-electron chi connectivity index (χ4n) is 2.01. The van der Waals surface area contributed by atoms with Crippen LogP contribution in [0.5, 0.6) is 0 Å². The lowest BCUT2D eigenvalue weighted by Crippen LogP contribution is -2.41. The Morgan fingerprint density at radius 3 is 2.94 bits per heavy atom.